The zero-order valence-electron chi connectivity index (χ0n) is 15.2. The van der Waals surface area contributed by atoms with E-state index in [-0.39, 0.29) is 6.61 Å². The number of anilines is 1. The summed E-state index contributed by atoms with van der Waals surface area (Å²) in [5.74, 6) is 1.23. The van der Waals surface area contributed by atoms with Crippen LogP contribution in [0.5, 0.6) is 5.75 Å². The number of aliphatic hydroxyl groups excluding tert-OH is 1. The van der Waals surface area contributed by atoms with E-state index in [4.69, 9.17) is 4.74 Å². The van der Waals surface area contributed by atoms with E-state index in [1.54, 1.807) is 13.2 Å². The first kappa shape index (κ1) is 17.1. The van der Waals surface area contributed by atoms with Crippen molar-refractivity contribution >= 4 is 11.8 Å². The number of hydrogen-bond donors (Lipinski definition) is 2. The van der Waals surface area contributed by atoms with E-state index in [2.05, 4.69) is 46.6 Å². The molecule has 0 bridgehead atoms. The standard InChI is InChI=1S/C22H26N2O2/c1-26-18-8-9-19(16(13-18)6-4-12-25)20-15-23-10-11-24-21-7-3-2-5-17(21)14-22(20)24/h2-9,13,20,22-23,25H,10-12,14-15H2,1H3/b6-4-. The van der Waals surface area contributed by atoms with Crippen molar-refractivity contribution in [3.05, 3.63) is 65.2 Å². The van der Waals surface area contributed by atoms with Gasteiger partial charge < -0.3 is 20.1 Å². The lowest BCUT2D eigenvalue weighted by molar-refractivity contribution is 0.343. The van der Waals surface area contributed by atoms with Crippen LogP contribution in [-0.4, -0.2) is 44.5 Å². The van der Waals surface area contributed by atoms with Crippen molar-refractivity contribution in [2.45, 2.75) is 18.4 Å². The van der Waals surface area contributed by atoms with Crippen LogP contribution < -0.4 is 15.0 Å². The fraction of sp³-hybridized carbons (Fsp3) is 0.364. The summed E-state index contributed by atoms with van der Waals surface area (Å²) in [7, 11) is 1.69. The van der Waals surface area contributed by atoms with E-state index >= 15 is 0 Å². The van der Waals surface area contributed by atoms with Gasteiger partial charge in [-0.2, -0.15) is 0 Å². The summed E-state index contributed by atoms with van der Waals surface area (Å²) in [6.07, 6.45) is 4.89. The minimum Gasteiger partial charge on any atom is -0.497 e. The quantitative estimate of drug-likeness (QED) is 0.890. The monoisotopic (exact) mass is 350 g/mol. The van der Waals surface area contributed by atoms with Crippen LogP contribution in [0.25, 0.3) is 6.08 Å². The lowest BCUT2D eigenvalue weighted by atomic mass is 9.86. The number of aliphatic hydroxyl groups is 1. The SMILES string of the molecule is COc1ccc(C2CNCCN3c4ccccc4CC23)c(/C=C\CO)c1. The minimum absolute atomic E-state index is 0.0422. The number of fused-ring (bicyclic) bond motifs is 3. The third kappa shape index (κ3) is 3.11. The molecule has 4 rings (SSSR count). The van der Waals surface area contributed by atoms with Crippen molar-refractivity contribution in [2.24, 2.45) is 0 Å². The molecule has 2 heterocycles. The van der Waals surface area contributed by atoms with Crippen LogP contribution in [0.1, 0.15) is 22.6 Å². The molecule has 2 aliphatic heterocycles. The lowest BCUT2D eigenvalue weighted by Gasteiger charge is -2.31. The molecule has 0 amide bonds. The summed E-state index contributed by atoms with van der Waals surface area (Å²) < 4.78 is 5.42. The van der Waals surface area contributed by atoms with Crippen LogP contribution in [0.15, 0.2) is 48.5 Å². The van der Waals surface area contributed by atoms with Gasteiger partial charge >= 0.3 is 0 Å². The van der Waals surface area contributed by atoms with E-state index in [1.165, 1.54) is 16.8 Å². The van der Waals surface area contributed by atoms with Crippen molar-refractivity contribution in [2.75, 3.05) is 38.3 Å². The highest BCUT2D eigenvalue weighted by Crippen LogP contribution is 2.40. The molecule has 4 heteroatoms. The number of ether oxygens (including phenoxy) is 1. The number of methoxy groups -OCH3 is 1. The van der Waals surface area contributed by atoms with E-state index < -0.39 is 0 Å². The summed E-state index contributed by atoms with van der Waals surface area (Å²) >= 11 is 0. The molecule has 2 N–H and O–H groups in total. The number of benzene rings is 2. The van der Waals surface area contributed by atoms with Gasteiger partial charge in [0.05, 0.1) is 13.7 Å². The zero-order chi connectivity index (χ0) is 17.9. The summed E-state index contributed by atoms with van der Waals surface area (Å²) in [5, 5.41) is 12.9. The van der Waals surface area contributed by atoms with Gasteiger partial charge in [-0.15, -0.1) is 0 Å². The van der Waals surface area contributed by atoms with Crippen LogP contribution in [0.3, 0.4) is 0 Å². The molecule has 4 nitrogen and oxygen atoms in total. The molecule has 0 aliphatic carbocycles. The van der Waals surface area contributed by atoms with Crippen molar-refractivity contribution < 1.29 is 9.84 Å². The maximum absolute atomic E-state index is 9.23. The second kappa shape index (κ2) is 7.52. The number of nitrogens with one attached hydrogen (secondary N) is 1. The highest BCUT2D eigenvalue weighted by molar-refractivity contribution is 5.63. The smallest absolute Gasteiger partial charge is 0.119 e. The molecule has 2 atom stereocenters. The van der Waals surface area contributed by atoms with Gasteiger partial charge in [-0.25, -0.2) is 0 Å². The lowest BCUT2D eigenvalue weighted by Crippen LogP contribution is -2.37. The third-order valence-electron chi connectivity index (χ3n) is 5.58. The number of nitrogens with zero attached hydrogens (tertiary/aromatic N) is 1. The van der Waals surface area contributed by atoms with Crippen molar-refractivity contribution in [1.29, 1.82) is 0 Å². The number of hydrogen-bond acceptors (Lipinski definition) is 4. The zero-order valence-corrected chi connectivity index (χ0v) is 15.2. The van der Waals surface area contributed by atoms with Crippen molar-refractivity contribution in [3.63, 3.8) is 0 Å². The molecule has 2 aromatic carbocycles. The maximum atomic E-state index is 9.23. The Morgan fingerprint density at radius 1 is 1.27 bits per heavy atom. The fourth-order valence-corrected chi connectivity index (χ4v) is 4.38. The second-order valence-electron chi connectivity index (χ2n) is 6.98. The summed E-state index contributed by atoms with van der Waals surface area (Å²) in [5.41, 5.74) is 5.27. The predicted molar refractivity (Wildman–Crippen MR) is 106 cm³/mol. The summed E-state index contributed by atoms with van der Waals surface area (Å²) in [6.45, 7) is 3.04. The first-order valence-electron chi connectivity index (χ1n) is 9.32. The van der Waals surface area contributed by atoms with E-state index in [0.717, 1.165) is 37.4 Å². The van der Waals surface area contributed by atoms with Gasteiger partial charge in [-0.3, -0.25) is 0 Å². The Labute approximate surface area is 155 Å². The first-order valence-corrected chi connectivity index (χ1v) is 9.32. The molecular weight excluding hydrogens is 324 g/mol. The highest BCUT2D eigenvalue weighted by atomic mass is 16.5. The second-order valence-corrected chi connectivity index (χ2v) is 6.98. The van der Waals surface area contributed by atoms with Gasteiger partial charge in [0.25, 0.3) is 0 Å². The van der Waals surface area contributed by atoms with Crippen LogP contribution in [0.4, 0.5) is 5.69 Å². The van der Waals surface area contributed by atoms with Gasteiger partial charge in [-0.05, 0) is 41.3 Å². The molecule has 0 aromatic heterocycles. The van der Waals surface area contributed by atoms with E-state index in [1.807, 2.05) is 12.1 Å². The Morgan fingerprint density at radius 2 is 2.15 bits per heavy atom. The number of rotatable bonds is 4. The largest absolute Gasteiger partial charge is 0.497 e. The van der Waals surface area contributed by atoms with Crippen molar-refractivity contribution in [1.82, 2.24) is 5.32 Å². The molecule has 0 radical (unpaired) electrons. The molecule has 136 valence electrons. The van der Waals surface area contributed by atoms with Crippen LogP contribution >= 0.6 is 0 Å². The molecule has 2 aliphatic rings. The molecule has 0 spiro atoms. The normalized spacial score (nSPS) is 22.2. The Hall–Kier alpha value is -2.30. The minimum atomic E-state index is 0.0422. The molecule has 26 heavy (non-hydrogen) atoms. The van der Waals surface area contributed by atoms with Crippen LogP contribution in [0, 0.1) is 0 Å². The molecule has 1 saturated heterocycles. The third-order valence-corrected chi connectivity index (χ3v) is 5.58. The van der Waals surface area contributed by atoms with Gasteiger partial charge in [0.15, 0.2) is 0 Å². The molecule has 1 fully saturated rings. The Morgan fingerprint density at radius 3 is 3.00 bits per heavy atom. The molecule has 2 aromatic rings. The van der Waals surface area contributed by atoms with E-state index in [9.17, 15) is 5.11 Å². The van der Waals surface area contributed by atoms with Gasteiger partial charge in [0.1, 0.15) is 5.75 Å². The average molecular weight is 350 g/mol. The van der Waals surface area contributed by atoms with E-state index in [0.29, 0.717) is 12.0 Å². The maximum Gasteiger partial charge on any atom is 0.119 e. The van der Waals surface area contributed by atoms with Crippen molar-refractivity contribution in [3.8, 4) is 5.75 Å². The molecule has 2 unspecified atom stereocenters. The van der Waals surface area contributed by atoms with Gasteiger partial charge in [0.2, 0.25) is 0 Å². The van der Waals surface area contributed by atoms with Crippen LogP contribution in [-0.2, 0) is 6.42 Å². The number of para-hydroxylation sites is 1. The Balaban J connectivity index is 1.74. The summed E-state index contributed by atoms with van der Waals surface area (Å²) in [4.78, 5) is 2.57. The predicted octanol–water partition coefficient (Wildman–Crippen LogP) is 2.82. The van der Waals surface area contributed by atoms with Crippen LogP contribution in [0.2, 0.25) is 0 Å². The molecule has 0 saturated carbocycles. The topological polar surface area (TPSA) is 44.7 Å². The van der Waals surface area contributed by atoms with Gasteiger partial charge in [0, 0.05) is 37.3 Å². The Bertz CT molecular complexity index is 802. The van der Waals surface area contributed by atoms with Gasteiger partial charge in [-0.1, -0.05) is 36.4 Å². The molecular formula is C22H26N2O2. The fourth-order valence-electron chi connectivity index (χ4n) is 4.38. The highest BCUT2D eigenvalue weighted by Gasteiger charge is 2.37. The Kier molecular flexibility index (Phi) is 4.96. The average Bonchev–Trinajstić information content (AvgIpc) is 2.92. The summed E-state index contributed by atoms with van der Waals surface area (Å²) in [6, 6.07) is 15.5. The first-order chi connectivity index (χ1) is 12.8.